The monoisotopic (exact) mass is 294 g/mol. The van der Waals surface area contributed by atoms with Gasteiger partial charge < -0.3 is 14.7 Å². The van der Waals surface area contributed by atoms with E-state index in [9.17, 15) is 9.59 Å². The third-order valence-corrected chi connectivity index (χ3v) is 3.19. The standard InChI is InChI=1S/C15H22N2O4/c1-5-11(3)21-13-8-12(6-7-16-13)14(18)17(4)9-10(2)15(19)20/h6-8,10-11H,5,9H2,1-4H3,(H,19,20). The third kappa shape index (κ3) is 5.06. The lowest BCUT2D eigenvalue weighted by Crippen LogP contribution is -2.33. The smallest absolute Gasteiger partial charge is 0.308 e. The molecule has 6 heteroatoms. The molecule has 1 aromatic heterocycles. The molecule has 0 bridgehead atoms. The zero-order valence-electron chi connectivity index (χ0n) is 12.9. The predicted molar refractivity (Wildman–Crippen MR) is 78.4 cm³/mol. The molecule has 1 N–H and O–H groups in total. The van der Waals surface area contributed by atoms with Crippen LogP contribution < -0.4 is 4.74 Å². The van der Waals surface area contributed by atoms with Gasteiger partial charge in [-0.25, -0.2) is 4.98 Å². The van der Waals surface area contributed by atoms with Crippen LogP contribution in [0.5, 0.6) is 5.88 Å². The summed E-state index contributed by atoms with van der Waals surface area (Å²) in [5.41, 5.74) is 0.434. The molecule has 0 saturated heterocycles. The van der Waals surface area contributed by atoms with Gasteiger partial charge in [0.25, 0.3) is 5.91 Å². The van der Waals surface area contributed by atoms with Crippen molar-refractivity contribution in [2.45, 2.75) is 33.3 Å². The Morgan fingerprint density at radius 3 is 2.67 bits per heavy atom. The summed E-state index contributed by atoms with van der Waals surface area (Å²) in [5.74, 6) is -1.39. The highest BCUT2D eigenvalue weighted by molar-refractivity contribution is 5.94. The second kappa shape index (κ2) is 7.61. The molecule has 1 aromatic rings. The molecule has 0 radical (unpaired) electrons. The molecule has 116 valence electrons. The third-order valence-electron chi connectivity index (χ3n) is 3.19. The van der Waals surface area contributed by atoms with Crippen molar-refractivity contribution in [1.29, 1.82) is 0 Å². The summed E-state index contributed by atoms with van der Waals surface area (Å²) in [6, 6.07) is 3.17. The fourth-order valence-electron chi connectivity index (χ4n) is 1.69. The molecule has 2 atom stereocenters. The van der Waals surface area contributed by atoms with Crippen LogP contribution in [0.1, 0.15) is 37.6 Å². The van der Waals surface area contributed by atoms with Crippen molar-refractivity contribution in [3.8, 4) is 5.88 Å². The summed E-state index contributed by atoms with van der Waals surface area (Å²) in [6.45, 7) is 5.64. The van der Waals surface area contributed by atoms with Crippen LogP contribution in [-0.4, -0.2) is 46.6 Å². The Balaban J connectivity index is 2.78. The maximum absolute atomic E-state index is 12.3. The number of aliphatic carboxylic acids is 1. The van der Waals surface area contributed by atoms with Crippen LogP contribution in [-0.2, 0) is 4.79 Å². The number of ether oxygens (including phenoxy) is 1. The topological polar surface area (TPSA) is 79.7 Å². The molecule has 0 aliphatic carbocycles. The fourth-order valence-corrected chi connectivity index (χ4v) is 1.69. The van der Waals surface area contributed by atoms with Gasteiger partial charge in [-0.2, -0.15) is 0 Å². The lowest BCUT2D eigenvalue weighted by Gasteiger charge is -2.20. The maximum Gasteiger partial charge on any atom is 0.308 e. The number of hydrogen-bond acceptors (Lipinski definition) is 4. The highest BCUT2D eigenvalue weighted by atomic mass is 16.5. The van der Waals surface area contributed by atoms with Gasteiger partial charge in [0.1, 0.15) is 0 Å². The Morgan fingerprint density at radius 2 is 2.10 bits per heavy atom. The molecule has 2 unspecified atom stereocenters. The van der Waals surface area contributed by atoms with Gasteiger partial charge in [0.2, 0.25) is 5.88 Å². The average Bonchev–Trinajstić information content (AvgIpc) is 2.46. The number of pyridine rings is 1. The fraction of sp³-hybridized carbons (Fsp3) is 0.533. The number of rotatable bonds is 7. The number of nitrogens with zero attached hydrogens (tertiary/aromatic N) is 2. The van der Waals surface area contributed by atoms with Gasteiger partial charge >= 0.3 is 5.97 Å². The molecule has 0 aliphatic heterocycles. The van der Waals surface area contributed by atoms with Crippen molar-refractivity contribution < 1.29 is 19.4 Å². The largest absolute Gasteiger partial charge is 0.481 e. The summed E-state index contributed by atoms with van der Waals surface area (Å²) < 4.78 is 5.58. The zero-order chi connectivity index (χ0) is 16.0. The van der Waals surface area contributed by atoms with Crippen molar-refractivity contribution in [2.75, 3.05) is 13.6 Å². The number of carbonyl (C=O) groups excluding carboxylic acids is 1. The maximum atomic E-state index is 12.3. The van der Waals surface area contributed by atoms with Crippen molar-refractivity contribution in [1.82, 2.24) is 9.88 Å². The van der Waals surface area contributed by atoms with Gasteiger partial charge in [0.15, 0.2) is 0 Å². The Hall–Kier alpha value is -2.11. The Kier molecular flexibility index (Phi) is 6.14. The second-order valence-corrected chi connectivity index (χ2v) is 5.14. The van der Waals surface area contributed by atoms with E-state index < -0.39 is 11.9 Å². The van der Waals surface area contributed by atoms with Gasteiger partial charge in [-0.1, -0.05) is 13.8 Å². The van der Waals surface area contributed by atoms with Crippen LogP contribution in [0, 0.1) is 5.92 Å². The van der Waals surface area contributed by atoms with E-state index in [-0.39, 0.29) is 18.6 Å². The number of carboxylic acid groups (broad SMARTS) is 1. The number of amides is 1. The quantitative estimate of drug-likeness (QED) is 0.832. The normalized spacial score (nSPS) is 13.3. The van der Waals surface area contributed by atoms with Crippen LogP contribution in [0.2, 0.25) is 0 Å². The summed E-state index contributed by atoms with van der Waals surface area (Å²) in [7, 11) is 1.58. The van der Waals surface area contributed by atoms with Crippen LogP contribution in [0.15, 0.2) is 18.3 Å². The molecule has 0 fully saturated rings. The molecule has 21 heavy (non-hydrogen) atoms. The molecule has 1 heterocycles. The van der Waals surface area contributed by atoms with Gasteiger partial charge in [0.05, 0.1) is 12.0 Å². The molecule has 6 nitrogen and oxygen atoms in total. The highest BCUT2D eigenvalue weighted by Gasteiger charge is 2.19. The Morgan fingerprint density at radius 1 is 1.43 bits per heavy atom. The number of hydrogen-bond donors (Lipinski definition) is 1. The van der Waals surface area contributed by atoms with Crippen molar-refractivity contribution in [3.05, 3.63) is 23.9 Å². The summed E-state index contributed by atoms with van der Waals surface area (Å²) in [4.78, 5) is 28.6. The van der Waals surface area contributed by atoms with Gasteiger partial charge in [-0.15, -0.1) is 0 Å². The molecule has 0 saturated carbocycles. The molecule has 0 aromatic carbocycles. The lowest BCUT2D eigenvalue weighted by atomic mass is 10.1. The summed E-state index contributed by atoms with van der Waals surface area (Å²) in [6.07, 6.45) is 2.38. The van der Waals surface area contributed by atoms with E-state index in [1.54, 1.807) is 26.1 Å². The van der Waals surface area contributed by atoms with E-state index in [0.29, 0.717) is 11.4 Å². The first-order chi connectivity index (χ1) is 9.85. The average molecular weight is 294 g/mol. The molecular weight excluding hydrogens is 272 g/mol. The van der Waals surface area contributed by atoms with Gasteiger partial charge in [-0.05, 0) is 19.4 Å². The molecule has 0 spiro atoms. The van der Waals surface area contributed by atoms with Gasteiger partial charge in [-0.3, -0.25) is 9.59 Å². The van der Waals surface area contributed by atoms with E-state index in [4.69, 9.17) is 9.84 Å². The molecule has 1 rings (SSSR count). The van der Waals surface area contributed by atoms with E-state index in [1.165, 1.54) is 11.1 Å². The molecule has 1 amide bonds. The number of carbonyl (C=O) groups is 2. The number of carboxylic acids is 1. The van der Waals surface area contributed by atoms with Crippen LogP contribution in [0.3, 0.4) is 0 Å². The van der Waals surface area contributed by atoms with Crippen molar-refractivity contribution in [2.24, 2.45) is 5.92 Å². The first-order valence-electron chi connectivity index (χ1n) is 6.96. The Labute approximate surface area is 124 Å². The molecule has 0 aliphatic rings. The Bertz CT molecular complexity index is 504. The van der Waals surface area contributed by atoms with Crippen LogP contribution in [0.25, 0.3) is 0 Å². The van der Waals surface area contributed by atoms with E-state index in [2.05, 4.69) is 4.98 Å². The van der Waals surface area contributed by atoms with E-state index in [1.807, 2.05) is 13.8 Å². The minimum absolute atomic E-state index is 0.0209. The van der Waals surface area contributed by atoms with Crippen LogP contribution in [0.4, 0.5) is 0 Å². The van der Waals surface area contributed by atoms with Gasteiger partial charge in [0, 0.05) is 31.4 Å². The van der Waals surface area contributed by atoms with E-state index >= 15 is 0 Å². The summed E-state index contributed by atoms with van der Waals surface area (Å²) in [5, 5.41) is 8.89. The minimum Gasteiger partial charge on any atom is -0.481 e. The first kappa shape index (κ1) is 16.9. The SMILES string of the molecule is CCC(C)Oc1cc(C(=O)N(C)CC(C)C(=O)O)ccn1. The number of aromatic nitrogens is 1. The van der Waals surface area contributed by atoms with Crippen molar-refractivity contribution in [3.63, 3.8) is 0 Å². The second-order valence-electron chi connectivity index (χ2n) is 5.14. The summed E-state index contributed by atoms with van der Waals surface area (Å²) >= 11 is 0. The highest BCUT2D eigenvalue weighted by Crippen LogP contribution is 2.14. The molecular formula is C15H22N2O4. The van der Waals surface area contributed by atoms with Crippen molar-refractivity contribution >= 4 is 11.9 Å². The van der Waals surface area contributed by atoms with Crippen LogP contribution >= 0.6 is 0 Å². The lowest BCUT2D eigenvalue weighted by molar-refractivity contribution is -0.141. The predicted octanol–water partition coefficient (Wildman–Crippen LogP) is 2.05. The zero-order valence-corrected chi connectivity index (χ0v) is 12.9. The minimum atomic E-state index is -0.926. The first-order valence-corrected chi connectivity index (χ1v) is 6.96. The van der Waals surface area contributed by atoms with E-state index in [0.717, 1.165) is 6.42 Å².